The number of thiazole rings is 1. The predicted octanol–water partition coefficient (Wildman–Crippen LogP) is 2.57. The SMILES string of the molecule is COc1cc(NC(=O)Cc2csc(N)n2)ccc1Cl. The average molecular weight is 298 g/mol. The van der Waals surface area contributed by atoms with Crippen LogP contribution in [0.15, 0.2) is 23.6 Å². The number of carbonyl (C=O) groups excluding carboxylic acids is 1. The van der Waals surface area contributed by atoms with Crippen LogP contribution < -0.4 is 15.8 Å². The molecule has 1 aromatic heterocycles. The van der Waals surface area contributed by atoms with Gasteiger partial charge in [-0.05, 0) is 12.1 Å². The van der Waals surface area contributed by atoms with E-state index < -0.39 is 0 Å². The number of rotatable bonds is 4. The van der Waals surface area contributed by atoms with Crippen molar-refractivity contribution in [3.63, 3.8) is 0 Å². The number of hydrogen-bond donors (Lipinski definition) is 2. The standard InChI is InChI=1S/C12H12ClN3O2S/c1-18-10-4-7(2-3-9(10)13)15-11(17)5-8-6-19-12(14)16-8/h2-4,6H,5H2,1H3,(H2,14,16)(H,15,17). The number of anilines is 2. The maximum absolute atomic E-state index is 11.8. The molecule has 0 bridgehead atoms. The van der Waals surface area contributed by atoms with E-state index in [4.69, 9.17) is 22.1 Å². The van der Waals surface area contributed by atoms with E-state index in [0.717, 1.165) is 0 Å². The Bertz CT molecular complexity index is 600. The Hall–Kier alpha value is -1.79. The van der Waals surface area contributed by atoms with Crippen molar-refractivity contribution in [3.05, 3.63) is 34.3 Å². The van der Waals surface area contributed by atoms with Gasteiger partial charge < -0.3 is 15.8 Å². The first kappa shape index (κ1) is 13.6. The lowest BCUT2D eigenvalue weighted by Gasteiger charge is -2.07. The van der Waals surface area contributed by atoms with Crippen LogP contribution in [0.4, 0.5) is 10.8 Å². The summed E-state index contributed by atoms with van der Waals surface area (Å²) in [6, 6.07) is 5.03. The van der Waals surface area contributed by atoms with Crippen molar-refractivity contribution in [1.82, 2.24) is 4.98 Å². The second-order valence-electron chi connectivity index (χ2n) is 3.75. The Labute approximate surface area is 119 Å². The van der Waals surface area contributed by atoms with Crippen LogP contribution in [0.1, 0.15) is 5.69 Å². The number of aromatic nitrogens is 1. The third kappa shape index (κ3) is 3.59. The molecular formula is C12H12ClN3O2S. The summed E-state index contributed by atoms with van der Waals surface area (Å²) in [7, 11) is 1.52. The second kappa shape index (κ2) is 5.90. The fourth-order valence-corrected chi connectivity index (χ4v) is 2.27. The molecule has 3 N–H and O–H groups in total. The Morgan fingerprint density at radius 3 is 3.00 bits per heavy atom. The molecule has 0 saturated carbocycles. The molecule has 1 heterocycles. The average Bonchev–Trinajstić information content (AvgIpc) is 2.77. The molecule has 0 radical (unpaired) electrons. The van der Waals surface area contributed by atoms with Crippen LogP contribution in [0.3, 0.4) is 0 Å². The molecule has 5 nitrogen and oxygen atoms in total. The van der Waals surface area contributed by atoms with E-state index in [9.17, 15) is 4.79 Å². The quantitative estimate of drug-likeness (QED) is 0.909. The highest BCUT2D eigenvalue weighted by atomic mass is 35.5. The van der Waals surface area contributed by atoms with E-state index in [1.165, 1.54) is 18.4 Å². The summed E-state index contributed by atoms with van der Waals surface area (Å²) in [5, 5.41) is 5.46. The van der Waals surface area contributed by atoms with Gasteiger partial charge in [-0.25, -0.2) is 4.98 Å². The molecule has 0 atom stereocenters. The number of nitrogens with two attached hydrogens (primary N) is 1. The molecule has 2 rings (SSSR count). The summed E-state index contributed by atoms with van der Waals surface area (Å²) in [4.78, 5) is 15.8. The molecule has 1 aromatic carbocycles. The van der Waals surface area contributed by atoms with Gasteiger partial charge in [-0.3, -0.25) is 4.79 Å². The number of nitrogen functional groups attached to an aromatic ring is 1. The number of methoxy groups -OCH3 is 1. The Morgan fingerprint density at radius 2 is 2.37 bits per heavy atom. The van der Waals surface area contributed by atoms with Crippen molar-refractivity contribution >= 4 is 39.7 Å². The predicted molar refractivity (Wildman–Crippen MR) is 76.9 cm³/mol. The van der Waals surface area contributed by atoms with E-state index in [1.54, 1.807) is 23.6 Å². The van der Waals surface area contributed by atoms with Gasteiger partial charge in [0.25, 0.3) is 0 Å². The number of amides is 1. The number of nitrogens with one attached hydrogen (secondary N) is 1. The number of halogens is 1. The number of ether oxygens (including phenoxy) is 1. The number of hydrogen-bond acceptors (Lipinski definition) is 5. The van der Waals surface area contributed by atoms with Gasteiger partial charge in [-0.15, -0.1) is 11.3 Å². The van der Waals surface area contributed by atoms with Crippen LogP contribution in [0, 0.1) is 0 Å². The van der Waals surface area contributed by atoms with Crippen LogP contribution >= 0.6 is 22.9 Å². The molecule has 0 aliphatic heterocycles. The van der Waals surface area contributed by atoms with Crippen LogP contribution in [0.2, 0.25) is 5.02 Å². The first-order valence-corrected chi connectivity index (χ1v) is 6.67. The minimum absolute atomic E-state index is 0.172. The highest BCUT2D eigenvalue weighted by Gasteiger charge is 2.08. The van der Waals surface area contributed by atoms with Gasteiger partial charge in [-0.1, -0.05) is 11.6 Å². The normalized spacial score (nSPS) is 10.2. The van der Waals surface area contributed by atoms with Crippen LogP contribution in [-0.4, -0.2) is 18.0 Å². The molecular weight excluding hydrogens is 286 g/mol. The maximum Gasteiger partial charge on any atom is 0.230 e. The highest BCUT2D eigenvalue weighted by molar-refractivity contribution is 7.13. The van der Waals surface area contributed by atoms with Gasteiger partial charge in [0.15, 0.2) is 5.13 Å². The van der Waals surface area contributed by atoms with Crippen molar-refractivity contribution in [2.45, 2.75) is 6.42 Å². The Morgan fingerprint density at radius 1 is 1.58 bits per heavy atom. The summed E-state index contributed by atoms with van der Waals surface area (Å²) in [5.74, 6) is 0.340. The number of carbonyl (C=O) groups is 1. The van der Waals surface area contributed by atoms with Gasteiger partial charge in [0.2, 0.25) is 5.91 Å². The molecule has 0 unspecified atom stereocenters. The Kier molecular flexibility index (Phi) is 4.24. The minimum atomic E-state index is -0.172. The van der Waals surface area contributed by atoms with Gasteiger partial charge in [-0.2, -0.15) is 0 Å². The highest BCUT2D eigenvalue weighted by Crippen LogP contribution is 2.27. The van der Waals surface area contributed by atoms with Crippen LogP contribution in [-0.2, 0) is 11.2 Å². The summed E-state index contributed by atoms with van der Waals surface area (Å²) < 4.78 is 5.08. The lowest BCUT2D eigenvalue weighted by atomic mass is 10.2. The third-order valence-corrected chi connectivity index (χ3v) is 3.38. The smallest absolute Gasteiger partial charge is 0.230 e. The fourth-order valence-electron chi connectivity index (χ4n) is 1.51. The zero-order valence-electron chi connectivity index (χ0n) is 10.1. The molecule has 0 aliphatic carbocycles. The molecule has 19 heavy (non-hydrogen) atoms. The topological polar surface area (TPSA) is 77.2 Å². The second-order valence-corrected chi connectivity index (χ2v) is 5.05. The van der Waals surface area contributed by atoms with Crippen LogP contribution in [0.25, 0.3) is 0 Å². The Balaban J connectivity index is 2.02. The van der Waals surface area contributed by atoms with Gasteiger partial charge >= 0.3 is 0 Å². The summed E-state index contributed by atoms with van der Waals surface area (Å²) >= 11 is 7.22. The molecule has 7 heteroatoms. The maximum atomic E-state index is 11.8. The fraction of sp³-hybridized carbons (Fsp3) is 0.167. The van der Waals surface area contributed by atoms with Gasteiger partial charge in [0.1, 0.15) is 5.75 Å². The molecule has 1 amide bonds. The van der Waals surface area contributed by atoms with Crippen molar-refractivity contribution in [3.8, 4) is 5.75 Å². The molecule has 0 spiro atoms. The zero-order valence-corrected chi connectivity index (χ0v) is 11.7. The lowest BCUT2D eigenvalue weighted by Crippen LogP contribution is -2.14. The number of benzene rings is 1. The minimum Gasteiger partial charge on any atom is -0.495 e. The van der Waals surface area contributed by atoms with Crippen molar-refractivity contribution in [2.75, 3.05) is 18.2 Å². The molecule has 2 aromatic rings. The number of nitrogens with zero attached hydrogens (tertiary/aromatic N) is 1. The summed E-state index contributed by atoms with van der Waals surface area (Å²) in [6.07, 6.45) is 0.179. The molecule has 0 saturated heterocycles. The molecule has 0 aliphatic rings. The lowest BCUT2D eigenvalue weighted by molar-refractivity contribution is -0.115. The summed E-state index contributed by atoms with van der Waals surface area (Å²) in [6.45, 7) is 0. The first-order chi connectivity index (χ1) is 9.08. The third-order valence-electron chi connectivity index (χ3n) is 2.35. The van der Waals surface area contributed by atoms with Crippen molar-refractivity contribution in [1.29, 1.82) is 0 Å². The zero-order chi connectivity index (χ0) is 13.8. The monoisotopic (exact) mass is 297 g/mol. The molecule has 100 valence electrons. The van der Waals surface area contributed by atoms with E-state index in [2.05, 4.69) is 10.3 Å². The first-order valence-electron chi connectivity index (χ1n) is 5.42. The van der Waals surface area contributed by atoms with E-state index >= 15 is 0 Å². The van der Waals surface area contributed by atoms with E-state index in [1.807, 2.05) is 0 Å². The molecule has 0 fully saturated rings. The van der Waals surface area contributed by atoms with E-state index in [0.29, 0.717) is 27.3 Å². The van der Waals surface area contributed by atoms with Crippen molar-refractivity contribution in [2.24, 2.45) is 0 Å². The summed E-state index contributed by atoms with van der Waals surface area (Å²) in [5.41, 5.74) is 6.78. The largest absolute Gasteiger partial charge is 0.495 e. The van der Waals surface area contributed by atoms with Crippen LogP contribution in [0.5, 0.6) is 5.75 Å². The van der Waals surface area contributed by atoms with Gasteiger partial charge in [0.05, 0.1) is 24.2 Å². The van der Waals surface area contributed by atoms with Gasteiger partial charge in [0, 0.05) is 17.1 Å². The van der Waals surface area contributed by atoms with Crippen molar-refractivity contribution < 1.29 is 9.53 Å². The van der Waals surface area contributed by atoms with E-state index in [-0.39, 0.29) is 12.3 Å².